The molecule has 0 saturated carbocycles. The van der Waals surface area contributed by atoms with E-state index in [1.54, 1.807) is 10.4 Å². The summed E-state index contributed by atoms with van der Waals surface area (Å²) in [5.41, 5.74) is 1.85. The van der Waals surface area contributed by atoms with Crippen LogP contribution in [-0.2, 0) is 19.4 Å². The van der Waals surface area contributed by atoms with Crippen LogP contribution in [0.25, 0.3) is 0 Å². The Kier molecular flexibility index (Phi) is 4.46. The molecule has 102 valence electrons. The lowest BCUT2D eigenvalue weighted by Gasteiger charge is -2.23. The van der Waals surface area contributed by atoms with Gasteiger partial charge in [0.05, 0.1) is 0 Å². The molecule has 0 spiro atoms. The largest absolute Gasteiger partial charge is 0.311 e. The summed E-state index contributed by atoms with van der Waals surface area (Å²) in [7, 11) is 2.22. The van der Waals surface area contributed by atoms with E-state index in [1.165, 1.54) is 24.1 Å². The van der Waals surface area contributed by atoms with Gasteiger partial charge < -0.3 is 10.2 Å². The molecule has 1 heterocycles. The molecule has 0 atom stereocenters. The molecular formula is C15H26N2S. The number of nitrogens with one attached hydrogen (secondary N) is 1. The van der Waals surface area contributed by atoms with E-state index in [-0.39, 0.29) is 5.54 Å². The van der Waals surface area contributed by atoms with Gasteiger partial charge in [-0.15, -0.1) is 11.3 Å². The number of hydrogen-bond donors (Lipinski definition) is 1. The van der Waals surface area contributed by atoms with Gasteiger partial charge in [-0.05, 0) is 58.7 Å². The van der Waals surface area contributed by atoms with Crippen LogP contribution < -0.4 is 5.32 Å². The molecule has 0 aliphatic heterocycles. The van der Waals surface area contributed by atoms with E-state index in [9.17, 15) is 0 Å². The van der Waals surface area contributed by atoms with Crippen LogP contribution in [0, 0.1) is 0 Å². The molecule has 2 nitrogen and oxygen atoms in total. The molecular weight excluding hydrogens is 240 g/mol. The summed E-state index contributed by atoms with van der Waals surface area (Å²) in [6.07, 6.45) is 3.99. The highest BCUT2D eigenvalue weighted by atomic mass is 32.1. The SMILES string of the molecule is CN(CCNC(C)(C)C)Cc1cc2c(s1)CCC2. The van der Waals surface area contributed by atoms with Crippen molar-refractivity contribution in [2.24, 2.45) is 0 Å². The zero-order valence-corrected chi connectivity index (χ0v) is 13.0. The molecule has 1 aromatic heterocycles. The van der Waals surface area contributed by atoms with Gasteiger partial charge in [0.15, 0.2) is 0 Å². The highest BCUT2D eigenvalue weighted by Crippen LogP contribution is 2.30. The monoisotopic (exact) mass is 266 g/mol. The van der Waals surface area contributed by atoms with Crippen molar-refractivity contribution in [1.82, 2.24) is 10.2 Å². The zero-order valence-electron chi connectivity index (χ0n) is 12.2. The summed E-state index contributed by atoms with van der Waals surface area (Å²) in [4.78, 5) is 5.60. The maximum Gasteiger partial charge on any atom is 0.0325 e. The first-order chi connectivity index (χ1) is 8.44. The minimum absolute atomic E-state index is 0.227. The molecule has 0 fully saturated rings. The molecule has 18 heavy (non-hydrogen) atoms. The fourth-order valence-corrected chi connectivity index (χ4v) is 3.78. The van der Waals surface area contributed by atoms with Crippen LogP contribution in [0.4, 0.5) is 0 Å². The summed E-state index contributed by atoms with van der Waals surface area (Å²) in [6, 6.07) is 2.43. The first-order valence-electron chi connectivity index (χ1n) is 6.98. The van der Waals surface area contributed by atoms with Crippen molar-refractivity contribution in [3.05, 3.63) is 21.4 Å². The predicted octanol–water partition coefficient (Wildman–Crippen LogP) is 3.06. The minimum Gasteiger partial charge on any atom is -0.311 e. The molecule has 0 aromatic carbocycles. The van der Waals surface area contributed by atoms with E-state index in [4.69, 9.17) is 0 Å². The second-order valence-electron chi connectivity index (χ2n) is 6.43. The van der Waals surface area contributed by atoms with Crippen LogP contribution in [0.3, 0.4) is 0 Å². The Morgan fingerprint density at radius 1 is 1.33 bits per heavy atom. The molecule has 0 unspecified atom stereocenters. The number of thiophene rings is 1. The summed E-state index contributed by atoms with van der Waals surface area (Å²) in [6.45, 7) is 9.93. The Hall–Kier alpha value is -0.380. The molecule has 3 heteroatoms. The molecule has 1 N–H and O–H groups in total. The third-order valence-corrected chi connectivity index (χ3v) is 4.59. The van der Waals surface area contributed by atoms with Crippen LogP contribution in [0.1, 0.15) is 42.5 Å². The third-order valence-electron chi connectivity index (χ3n) is 3.37. The maximum absolute atomic E-state index is 3.54. The van der Waals surface area contributed by atoms with Crippen LogP contribution in [-0.4, -0.2) is 30.6 Å². The zero-order chi connectivity index (χ0) is 13.2. The topological polar surface area (TPSA) is 15.3 Å². The van der Waals surface area contributed by atoms with E-state index in [0.29, 0.717) is 0 Å². The average Bonchev–Trinajstić information content (AvgIpc) is 2.75. The second kappa shape index (κ2) is 5.72. The maximum atomic E-state index is 3.54. The molecule has 1 aliphatic carbocycles. The van der Waals surface area contributed by atoms with Crippen LogP contribution in [0.5, 0.6) is 0 Å². The molecule has 0 radical (unpaired) electrons. The Morgan fingerprint density at radius 2 is 2.11 bits per heavy atom. The molecule has 2 rings (SSSR count). The molecule has 0 amide bonds. The summed E-state index contributed by atoms with van der Waals surface area (Å²) in [5.74, 6) is 0. The van der Waals surface area contributed by atoms with Crippen molar-refractivity contribution >= 4 is 11.3 Å². The normalized spacial score (nSPS) is 15.4. The van der Waals surface area contributed by atoms with E-state index in [1.807, 2.05) is 11.3 Å². The van der Waals surface area contributed by atoms with Gasteiger partial charge in [-0.2, -0.15) is 0 Å². The van der Waals surface area contributed by atoms with E-state index in [2.05, 4.69) is 44.1 Å². The Labute approximate surface area is 115 Å². The van der Waals surface area contributed by atoms with E-state index < -0.39 is 0 Å². The molecule has 0 bridgehead atoms. The standard InChI is InChI=1S/C15H26N2S/c1-15(2,3)16-8-9-17(4)11-13-10-12-6-5-7-14(12)18-13/h10,16H,5-9,11H2,1-4H3. The highest BCUT2D eigenvalue weighted by Gasteiger charge is 2.15. The Balaban J connectivity index is 1.75. The van der Waals surface area contributed by atoms with Crippen molar-refractivity contribution in [2.45, 2.75) is 52.1 Å². The lowest BCUT2D eigenvalue weighted by atomic mass is 10.1. The smallest absolute Gasteiger partial charge is 0.0325 e. The molecule has 1 aromatic rings. The van der Waals surface area contributed by atoms with Gasteiger partial charge in [0.1, 0.15) is 0 Å². The van der Waals surface area contributed by atoms with Crippen molar-refractivity contribution in [3.8, 4) is 0 Å². The lowest BCUT2D eigenvalue weighted by Crippen LogP contribution is -2.40. The fraction of sp³-hybridized carbons (Fsp3) is 0.733. The van der Waals surface area contributed by atoms with E-state index in [0.717, 1.165) is 19.6 Å². The van der Waals surface area contributed by atoms with Crippen LogP contribution in [0.2, 0.25) is 0 Å². The number of aryl methyl sites for hydroxylation is 2. The average molecular weight is 266 g/mol. The Bertz CT molecular complexity index is 368. The van der Waals surface area contributed by atoms with Gasteiger partial charge in [-0.1, -0.05) is 0 Å². The highest BCUT2D eigenvalue weighted by molar-refractivity contribution is 7.12. The summed E-state index contributed by atoms with van der Waals surface area (Å²) in [5, 5.41) is 3.54. The first-order valence-corrected chi connectivity index (χ1v) is 7.80. The van der Waals surface area contributed by atoms with Crippen molar-refractivity contribution in [1.29, 1.82) is 0 Å². The van der Waals surface area contributed by atoms with Crippen LogP contribution in [0.15, 0.2) is 6.07 Å². The van der Waals surface area contributed by atoms with Crippen molar-refractivity contribution in [2.75, 3.05) is 20.1 Å². The predicted molar refractivity (Wildman–Crippen MR) is 80.4 cm³/mol. The number of hydrogen-bond acceptors (Lipinski definition) is 3. The molecule has 1 aliphatic rings. The Morgan fingerprint density at radius 3 is 2.78 bits per heavy atom. The summed E-state index contributed by atoms with van der Waals surface area (Å²) >= 11 is 2.03. The third kappa shape index (κ3) is 4.08. The van der Waals surface area contributed by atoms with Gasteiger partial charge in [0, 0.05) is 34.9 Å². The first kappa shape index (κ1) is 14.0. The van der Waals surface area contributed by atoms with E-state index >= 15 is 0 Å². The number of likely N-dealkylation sites (N-methyl/N-ethyl adjacent to an activating group) is 1. The number of fused-ring (bicyclic) bond motifs is 1. The van der Waals surface area contributed by atoms with Gasteiger partial charge >= 0.3 is 0 Å². The van der Waals surface area contributed by atoms with Crippen molar-refractivity contribution in [3.63, 3.8) is 0 Å². The van der Waals surface area contributed by atoms with Gasteiger partial charge in [-0.3, -0.25) is 0 Å². The van der Waals surface area contributed by atoms with Gasteiger partial charge in [0.25, 0.3) is 0 Å². The quantitative estimate of drug-likeness (QED) is 0.881. The lowest BCUT2D eigenvalue weighted by molar-refractivity contribution is 0.305. The van der Waals surface area contributed by atoms with Gasteiger partial charge in [-0.25, -0.2) is 0 Å². The number of nitrogens with zero attached hydrogens (tertiary/aromatic N) is 1. The van der Waals surface area contributed by atoms with Gasteiger partial charge in [0.2, 0.25) is 0 Å². The number of rotatable bonds is 5. The van der Waals surface area contributed by atoms with Crippen LogP contribution >= 0.6 is 11.3 Å². The fourth-order valence-electron chi connectivity index (χ4n) is 2.44. The summed E-state index contributed by atoms with van der Waals surface area (Å²) < 4.78 is 0. The molecule has 0 saturated heterocycles. The minimum atomic E-state index is 0.227. The second-order valence-corrected chi connectivity index (χ2v) is 7.65. The van der Waals surface area contributed by atoms with Crippen molar-refractivity contribution < 1.29 is 0 Å².